The number of rotatable bonds is 4. The number of H-pyrrole nitrogens is 1. The Morgan fingerprint density at radius 1 is 1.05 bits per heavy atom. The quantitative estimate of drug-likeness (QED) is 0.539. The summed E-state index contributed by atoms with van der Waals surface area (Å²) in [5.74, 6) is 0.218. The molecule has 3 amide bonds. The topological polar surface area (TPSA) is 129 Å². The van der Waals surface area contributed by atoms with Crippen molar-refractivity contribution in [2.24, 2.45) is 5.92 Å². The molecule has 3 aliphatic rings. The van der Waals surface area contributed by atoms with Crippen LogP contribution in [0.15, 0.2) is 0 Å². The normalized spacial score (nSPS) is 20.4. The van der Waals surface area contributed by atoms with Gasteiger partial charge in [0.25, 0.3) is 11.8 Å². The van der Waals surface area contributed by atoms with Gasteiger partial charge in [-0.2, -0.15) is 5.10 Å². The third kappa shape index (κ3) is 5.86. The highest BCUT2D eigenvalue weighted by molar-refractivity contribution is 6.04. The summed E-state index contributed by atoms with van der Waals surface area (Å²) >= 11 is 0. The van der Waals surface area contributed by atoms with Gasteiger partial charge in [0.1, 0.15) is 5.69 Å². The first-order valence-corrected chi connectivity index (χ1v) is 14.9. The molecule has 2 aliphatic carbocycles. The van der Waals surface area contributed by atoms with Crippen molar-refractivity contribution in [3.8, 4) is 0 Å². The zero-order valence-corrected chi connectivity index (χ0v) is 24.0. The number of aryl methyl sites for hydroxylation is 2. The van der Waals surface area contributed by atoms with Gasteiger partial charge in [-0.3, -0.25) is 23.9 Å². The van der Waals surface area contributed by atoms with Crippen LogP contribution in [0.1, 0.15) is 113 Å². The first kappa shape index (κ1) is 28.1. The molecule has 0 saturated carbocycles. The summed E-state index contributed by atoms with van der Waals surface area (Å²) in [7, 11) is 0. The van der Waals surface area contributed by atoms with Gasteiger partial charge < -0.3 is 20.5 Å². The molecule has 40 heavy (non-hydrogen) atoms. The van der Waals surface area contributed by atoms with E-state index in [0.717, 1.165) is 55.6 Å². The van der Waals surface area contributed by atoms with E-state index in [1.165, 1.54) is 0 Å². The second kappa shape index (κ2) is 12.0. The SMILES string of the molecule is Cc1c(C(=O)N2CCCNC(=O)c3nn(CCC(C)C)c4c3CC(CC4)NC(=O)CCC2)[nH]c2c1C(=O)CCC2. The lowest BCUT2D eigenvalue weighted by Crippen LogP contribution is -2.40. The summed E-state index contributed by atoms with van der Waals surface area (Å²) in [5, 5.41) is 10.9. The monoisotopic (exact) mass is 550 g/mol. The number of ketones is 1. The maximum absolute atomic E-state index is 13.6. The number of Topliss-reactive ketones (excluding diaryl/α,β-unsaturated/α-hetero) is 1. The minimum absolute atomic E-state index is 0.0361. The first-order chi connectivity index (χ1) is 19.2. The summed E-state index contributed by atoms with van der Waals surface area (Å²) in [4.78, 5) is 57.3. The van der Waals surface area contributed by atoms with E-state index in [2.05, 4.69) is 29.5 Å². The zero-order valence-electron chi connectivity index (χ0n) is 24.0. The molecule has 2 bridgehead atoms. The Balaban J connectivity index is 1.34. The highest BCUT2D eigenvalue weighted by Gasteiger charge is 2.31. The predicted octanol–water partition coefficient (Wildman–Crippen LogP) is 3.11. The van der Waals surface area contributed by atoms with Gasteiger partial charge in [-0.05, 0) is 69.8 Å². The molecule has 3 N–H and O–H groups in total. The summed E-state index contributed by atoms with van der Waals surface area (Å²) in [6.07, 6.45) is 6.68. The Morgan fingerprint density at radius 3 is 2.62 bits per heavy atom. The van der Waals surface area contributed by atoms with E-state index < -0.39 is 0 Å². The van der Waals surface area contributed by atoms with Crippen molar-refractivity contribution in [3.05, 3.63) is 39.5 Å². The molecule has 2 aromatic rings. The summed E-state index contributed by atoms with van der Waals surface area (Å²) < 4.78 is 1.99. The van der Waals surface area contributed by atoms with E-state index in [-0.39, 0.29) is 29.5 Å². The molecular weight excluding hydrogens is 508 g/mol. The molecule has 0 fully saturated rings. The molecule has 5 rings (SSSR count). The number of hydrogen-bond donors (Lipinski definition) is 3. The van der Waals surface area contributed by atoms with Gasteiger partial charge in [-0.1, -0.05) is 13.8 Å². The molecule has 0 aromatic carbocycles. The lowest BCUT2D eigenvalue weighted by Gasteiger charge is -2.25. The molecule has 1 atom stereocenters. The number of aromatic nitrogens is 3. The highest BCUT2D eigenvalue weighted by Crippen LogP contribution is 2.28. The van der Waals surface area contributed by atoms with Crippen LogP contribution in [0, 0.1) is 12.8 Å². The van der Waals surface area contributed by atoms with E-state index in [9.17, 15) is 19.2 Å². The highest BCUT2D eigenvalue weighted by atomic mass is 16.2. The van der Waals surface area contributed by atoms with Crippen LogP contribution >= 0.6 is 0 Å². The van der Waals surface area contributed by atoms with Crippen molar-refractivity contribution in [1.29, 1.82) is 0 Å². The van der Waals surface area contributed by atoms with Crippen molar-refractivity contribution in [1.82, 2.24) is 30.3 Å². The molecule has 0 spiro atoms. The number of aromatic amines is 1. The van der Waals surface area contributed by atoms with Crippen LogP contribution in [0.4, 0.5) is 0 Å². The molecular formula is C30H42N6O4. The number of fused-ring (bicyclic) bond motifs is 2. The van der Waals surface area contributed by atoms with Crippen LogP contribution in [0.2, 0.25) is 0 Å². The van der Waals surface area contributed by atoms with E-state index in [0.29, 0.717) is 80.2 Å². The lowest BCUT2D eigenvalue weighted by atomic mass is 9.91. The van der Waals surface area contributed by atoms with E-state index in [1.54, 1.807) is 4.90 Å². The van der Waals surface area contributed by atoms with Crippen molar-refractivity contribution >= 4 is 23.5 Å². The number of carbonyl (C=O) groups is 4. The van der Waals surface area contributed by atoms with Crippen LogP contribution in [-0.4, -0.2) is 68.8 Å². The van der Waals surface area contributed by atoms with Crippen LogP contribution in [0.5, 0.6) is 0 Å². The summed E-state index contributed by atoms with van der Waals surface area (Å²) in [5.41, 5.74) is 5.20. The third-order valence-corrected chi connectivity index (χ3v) is 8.51. The Morgan fingerprint density at radius 2 is 1.85 bits per heavy atom. The van der Waals surface area contributed by atoms with Gasteiger partial charge in [0.2, 0.25) is 5.91 Å². The van der Waals surface area contributed by atoms with E-state index in [1.807, 2.05) is 11.6 Å². The first-order valence-electron chi connectivity index (χ1n) is 14.9. The van der Waals surface area contributed by atoms with E-state index in [4.69, 9.17) is 5.10 Å². The van der Waals surface area contributed by atoms with Gasteiger partial charge in [0.05, 0.1) is 0 Å². The molecule has 1 aliphatic heterocycles. The fourth-order valence-electron chi connectivity index (χ4n) is 6.31. The molecule has 2 aromatic heterocycles. The Labute approximate surface area is 235 Å². The number of amides is 3. The standard InChI is InChI=1S/C30H42N6O4/c1-18(2)12-16-36-23-11-10-20-17-21(23)28(34-36)29(39)31-13-6-15-35(14-5-9-25(38)32-20)30(40)27-19(3)26-22(33-27)7-4-8-24(26)37/h18,20,33H,4-17H2,1-3H3,(H,31,39)(H,32,38). The fourth-order valence-corrected chi connectivity index (χ4v) is 6.31. The summed E-state index contributed by atoms with van der Waals surface area (Å²) in [6.45, 7) is 8.23. The maximum Gasteiger partial charge on any atom is 0.272 e. The van der Waals surface area contributed by atoms with Gasteiger partial charge in [-0.25, -0.2) is 0 Å². The summed E-state index contributed by atoms with van der Waals surface area (Å²) in [6, 6.07) is -0.0393. The van der Waals surface area contributed by atoms with Crippen molar-refractivity contribution < 1.29 is 19.2 Å². The average Bonchev–Trinajstić information content (AvgIpc) is 3.45. The number of nitrogens with one attached hydrogen (secondary N) is 3. The molecule has 3 heterocycles. The van der Waals surface area contributed by atoms with Crippen LogP contribution in [-0.2, 0) is 30.6 Å². The lowest BCUT2D eigenvalue weighted by molar-refractivity contribution is -0.122. The Kier molecular flexibility index (Phi) is 8.42. The smallest absolute Gasteiger partial charge is 0.272 e. The van der Waals surface area contributed by atoms with Crippen LogP contribution in [0.3, 0.4) is 0 Å². The third-order valence-electron chi connectivity index (χ3n) is 8.51. The molecule has 216 valence electrons. The largest absolute Gasteiger partial charge is 0.354 e. The molecule has 10 heteroatoms. The molecule has 0 saturated heterocycles. The minimum Gasteiger partial charge on any atom is -0.354 e. The van der Waals surface area contributed by atoms with Gasteiger partial charge in [0, 0.05) is 67.6 Å². The van der Waals surface area contributed by atoms with Gasteiger partial charge >= 0.3 is 0 Å². The van der Waals surface area contributed by atoms with Crippen molar-refractivity contribution in [2.45, 2.75) is 97.6 Å². The zero-order chi connectivity index (χ0) is 28.4. The van der Waals surface area contributed by atoms with Crippen molar-refractivity contribution in [2.75, 3.05) is 19.6 Å². The van der Waals surface area contributed by atoms with Crippen molar-refractivity contribution in [3.63, 3.8) is 0 Å². The molecule has 10 nitrogen and oxygen atoms in total. The Bertz CT molecular complexity index is 1310. The molecule has 0 radical (unpaired) electrons. The second-order valence-electron chi connectivity index (χ2n) is 11.9. The Hall–Kier alpha value is -3.43. The van der Waals surface area contributed by atoms with E-state index >= 15 is 0 Å². The van der Waals surface area contributed by atoms with Crippen LogP contribution < -0.4 is 10.6 Å². The second-order valence-corrected chi connectivity index (χ2v) is 11.9. The average molecular weight is 551 g/mol. The number of carbonyl (C=O) groups excluding carboxylic acids is 4. The predicted molar refractivity (Wildman–Crippen MR) is 151 cm³/mol. The van der Waals surface area contributed by atoms with Gasteiger partial charge in [-0.15, -0.1) is 0 Å². The number of nitrogens with zero attached hydrogens (tertiary/aromatic N) is 3. The van der Waals surface area contributed by atoms with Gasteiger partial charge in [0.15, 0.2) is 11.5 Å². The van der Waals surface area contributed by atoms with Crippen LogP contribution in [0.25, 0.3) is 0 Å². The number of hydrogen-bond acceptors (Lipinski definition) is 5. The maximum atomic E-state index is 13.6. The fraction of sp³-hybridized carbons (Fsp3) is 0.633. The minimum atomic E-state index is -0.203. The molecule has 1 unspecified atom stereocenters.